The van der Waals surface area contributed by atoms with E-state index in [0.717, 1.165) is 0 Å². The van der Waals surface area contributed by atoms with Crippen LogP contribution in [0.5, 0.6) is 5.75 Å². The molecule has 0 bridgehead atoms. The van der Waals surface area contributed by atoms with Crippen LogP contribution in [-0.2, 0) is 0 Å². The second-order valence-electron chi connectivity index (χ2n) is 2.91. The number of ether oxygens (including phenoxy) is 1. The lowest BCUT2D eigenvalue weighted by Crippen LogP contribution is -1.99. The Bertz CT molecular complexity index is 506. The van der Waals surface area contributed by atoms with Crippen molar-refractivity contribution < 1.29 is 13.9 Å². The largest absolute Gasteiger partial charge is 0.497 e. The first-order valence-electron chi connectivity index (χ1n) is 4.28. The van der Waals surface area contributed by atoms with E-state index in [1.807, 2.05) is 0 Å². The number of hydrogen-bond acceptors (Lipinski definition) is 4. The van der Waals surface area contributed by atoms with Crippen LogP contribution in [0, 0.1) is 0 Å². The van der Waals surface area contributed by atoms with Gasteiger partial charge < -0.3 is 9.15 Å². The van der Waals surface area contributed by atoms with E-state index in [-0.39, 0.29) is 17.0 Å². The van der Waals surface area contributed by atoms with Gasteiger partial charge in [-0.15, -0.1) is 0 Å². The minimum Gasteiger partial charge on any atom is -0.497 e. The number of aromatic nitrogens is 1. The number of benzene rings is 1. The highest BCUT2D eigenvalue weighted by atomic mass is 79.9. The first kappa shape index (κ1) is 10.2. The maximum absolute atomic E-state index is 11.3. The topological polar surface area (TPSA) is 52.3 Å². The molecule has 0 atom stereocenters. The molecule has 0 radical (unpaired) electrons. The van der Waals surface area contributed by atoms with Crippen LogP contribution in [-0.4, -0.2) is 23.2 Å². The highest BCUT2D eigenvalue weighted by molar-refractivity contribution is 9.09. The van der Waals surface area contributed by atoms with E-state index in [1.165, 1.54) is 0 Å². The monoisotopic (exact) mass is 269 g/mol. The number of methoxy groups -OCH3 is 1. The average Bonchev–Trinajstić information content (AvgIpc) is 2.70. The quantitative estimate of drug-likeness (QED) is 0.634. The van der Waals surface area contributed by atoms with Gasteiger partial charge in [-0.1, -0.05) is 15.9 Å². The molecule has 15 heavy (non-hydrogen) atoms. The van der Waals surface area contributed by atoms with Crippen molar-refractivity contribution in [1.82, 2.24) is 4.98 Å². The predicted molar refractivity (Wildman–Crippen MR) is 58.7 cm³/mol. The molecule has 5 heteroatoms. The minimum absolute atomic E-state index is 0.120. The molecule has 4 nitrogen and oxygen atoms in total. The lowest BCUT2D eigenvalue weighted by molar-refractivity contribution is 0.0989. The van der Waals surface area contributed by atoms with Crippen molar-refractivity contribution in [2.75, 3.05) is 12.4 Å². The molecule has 2 aromatic rings. The Morgan fingerprint density at radius 3 is 3.07 bits per heavy atom. The van der Waals surface area contributed by atoms with Crippen molar-refractivity contribution >= 4 is 32.8 Å². The Labute approximate surface area is 94.4 Å². The van der Waals surface area contributed by atoms with E-state index in [0.29, 0.717) is 16.8 Å². The number of ketones is 1. The van der Waals surface area contributed by atoms with Crippen LogP contribution in [0.3, 0.4) is 0 Å². The molecular weight excluding hydrogens is 262 g/mol. The number of carbonyl (C=O) groups excluding carboxylic acids is 1. The van der Waals surface area contributed by atoms with Gasteiger partial charge in [-0.25, -0.2) is 4.98 Å². The molecular formula is C10H8BrNO3. The normalized spacial score (nSPS) is 10.5. The summed E-state index contributed by atoms with van der Waals surface area (Å²) in [5.74, 6) is 0.622. The summed E-state index contributed by atoms with van der Waals surface area (Å²) in [6.45, 7) is 0. The summed E-state index contributed by atoms with van der Waals surface area (Å²) in [6.07, 6.45) is 0. The third-order valence-electron chi connectivity index (χ3n) is 1.96. The van der Waals surface area contributed by atoms with E-state index in [9.17, 15) is 4.79 Å². The lowest BCUT2D eigenvalue weighted by atomic mass is 10.3. The van der Waals surface area contributed by atoms with Gasteiger partial charge in [0, 0.05) is 6.07 Å². The van der Waals surface area contributed by atoms with Crippen LogP contribution in [0.25, 0.3) is 11.1 Å². The van der Waals surface area contributed by atoms with Gasteiger partial charge in [-0.3, -0.25) is 4.79 Å². The Balaban J connectivity index is 2.51. The molecule has 0 fully saturated rings. The van der Waals surface area contributed by atoms with Crippen molar-refractivity contribution in [3.8, 4) is 5.75 Å². The van der Waals surface area contributed by atoms with Gasteiger partial charge in [0.15, 0.2) is 5.58 Å². The summed E-state index contributed by atoms with van der Waals surface area (Å²) >= 11 is 3.06. The van der Waals surface area contributed by atoms with Crippen LogP contribution in [0.1, 0.15) is 10.7 Å². The van der Waals surface area contributed by atoms with Crippen LogP contribution in [0.2, 0.25) is 0 Å². The van der Waals surface area contributed by atoms with Crippen molar-refractivity contribution in [2.45, 2.75) is 0 Å². The highest BCUT2D eigenvalue weighted by Crippen LogP contribution is 2.21. The van der Waals surface area contributed by atoms with Crippen LogP contribution < -0.4 is 4.74 Å². The fourth-order valence-electron chi connectivity index (χ4n) is 1.21. The van der Waals surface area contributed by atoms with E-state index in [1.54, 1.807) is 25.3 Å². The molecule has 2 rings (SSSR count). The Morgan fingerprint density at radius 1 is 1.60 bits per heavy atom. The molecule has 0 N–H and O–H groups in total. The molecule has 78 valence electrons. The van der Waals surface area contributed by atoms with Gasteiger partial charge >= 0.3 is 0 Å². The number of Topliss-reactive ketones (excluding diaryl/α,β-unsaturated/α-hetero) is 1. The molecule has 0 aliphatic heterocycles. The molecule has 1 aromatic carbocycles. The van der Waals surface area contributed by atoms with Gasteiger partial charge in [0.1, 0.15) is 11.3 Å². The molecule has 0 unspecified atom stereocenters. The van der Waals surface area contributed by atoms with Gasteiger partial charge in [0.2, 0.25) is 5.78 Å². The fourth-order valence-corrected chi connectivity index (χ4v) is 1.45. The van der Waals surface area contributed by atoms with E-state index in [4.69, 9.17) is 9.15 Å². The number of halogens is 1. The van der Waals surface area contributed by atoms with Crippen LogP contribution >= 0.6 is 15.9 Å². The molecule has 1 heterocycles. The number of carbonyl (C=O) groups is 1. The summed E-state index contributed by atoms with van der Waals surface area (Å²) in [6, 6.07) is 5.23. The first-order valence-corrected chi connectivity index (χ1v) is 5.40. The zero-order valence-electron chi connectivity index (χ0n) is 7.99. The van der Waals surface area contributed by atoms with Crippen LogP contribution in [0.15, 0.2) is 22.6 Å². The van der Waals surface area contributed by atoms with Gasteiger partial charge in [-0.2, -0.15) is 0 Å². The maximum atomic E-state index is 11.3. The zero-order valence-corrected chi connectivity index (χ0v) is 9.58. The van der Waals surface area contributed by atoms with Gasteiger partial charge in [0.25, 0.3) is 5.89 Å². The number of alkyl halides is 1. The summed E-state index contributed by atoms with van der Waals surface area (Å²) in [4.78, 5) is 15.4. The summed E-state index contributed by atoms with van der Waals surface area (Å²) in [5, 5.41) is 0.205. The first-order chi connectivity index (χ1) is 7.24. The number of fused-ring (bicyclic) bond motifs is 1. The molecule has 0 saturated heterocycles. The number of oxazole rings is 1. The predicted octanol–water partition coefficient (Wildman–Crippen LogP) is 2.41. The molecule has 0 saturated carbocycles. The summed E-state index contributed by atoms with van der Waals surface area (Å²) < 4.78 is 10.3. The van der Waals surface area contributed by atoms with Crippen LogP contribution in [0.4, 0.5) is 0 Å². The standard InChI is InChI=1S/C10H8BrNO3/c1-14-6-2-3-7-9(4-6)15-10(12-7)8(13)5-11/h2-4H,5H2,1H3. The van der Waals surface area contributed by atoms with Crippen molar-refractivity contribution in [1.29, 1.82) is 0 Å². The Hall–Kier alpha value is -1.36. The Morgan fingerprint density at radius 2 is 2.40 bits per heavy atom. The minimum atomic E-state index is -0.176. The van der Waals surface area contributed by atoms with Crippen molar-refractivity contribution in [3.05, 3.63) is 24.1 Å². The SMILES string of the molecule is COc1ccc2nc(C(=O)CBr)oc2c1. The smallest absolute Gasteiger partial charge is 0.265 e. The highest BCUT2D eigenvalue weighted by Gasteiger charge is 2.13. The van der Waals surface area contributed by atoms with E-state index in [2.05, 4.69) is 20.9 Å². The molecule has 0 amide bonds. The summed E-state index contributed by atoms with van der Waals surface area (Å²) in [5.41, 5.74) is 1.21. The third-order valence-corrected chi connectivity index (χ3v) is 2.46. The van der Waals surface area contributed by atoms with Gasteiger partial charge in [-0.05, 0) is 12.1 Å². The fraction of sp³-hybridized carbons (Fsp3) is 0.200. The lowest BCUT2D eigenvalue weighted by Gasteiger charge is -1.95. The Kier molecular flexibility index (Phi) is 2.73. The molecule has 0 aliphatic rings. The van der Waals surface area contributed by atoms with Crippen molar-refractivity contribution in [2.24, 2.45) is 0 Å². The maximum Gasteiger partial charge on any atom is 0.265 e. The van der Waals surface area contributed by atoms with E-state index >= 15 is 0 Å². The summed E-state index contributed by atoms with van der Waals surface area (Å²) in [7, 11) is 1.57. The second kappa shape index (κ2) is 4.02. The third kappa shape index (κ3) is 1.87. The molecule has 0 aliphatic carbocycles. The number of hydrogen-bond donors (Lipinski definition) is 0. The second-order valence-corrected chi connectivity index (χ2v) is 3.47. The average molecular weight is 270 g/mol. The zero-order chi connectivity index (χ0) is 10.8. The number of rotatable bonds is 3. The van der Waals surface area contributed by atoms with E-state index < -0.39 is 0 Å². The molecule has 0 spiro atoms. The van der Waals surface area contributed by atoms with Gasteiger partial charge in [0.05, 0.1) is 12.4 Å². The van der Waals surface area contributed by atoms with Crippen molar-refractivity contribution in [3.63, 3.8) is 0 Å². The number of nitrogens with zero attached hydrogens (tertiary/aromatic N) is 1. The molecule has 1 aromatic heterocycles.